The smallest absolute Gasteiger partial charge is 0.322 e. The maximum Gasteiger partial charge on any atom is 0.322 e. The summed E-state index contributed by atoms with van der Waals surface area (Å²) >= 11 is 0. The van der Waals surface area contributed by atoms with Gasteiger partial charge in [0.1, 0.15) is 31.0 Å². The van der Waals surface area contributed by atoms with Gasteiger partial charge in [0.15, 0.2) is 5.78 Å². The number of aliphatic hydroxyl groups excluding tert-OH is 6. The number of nitrogens with two attached hydrogens (primary N) is 1. The van der Waals surface area contributed by atoms with E-state index in [9.17, 15) is 9.59 Å². The van der Waals surface area contributed by atoms with Gasteiger partial charge in [0, 0.05) is 0 Å². The van der Waals surface area contributed by atoms with Gasteiger partial charge in [0.25, 0.3) is 0 Å². The number of Topliss-reactive ketones (excluding diaryl/α,β-unsaturated/α-hetero) is 1. The maximum absolute atomic E-state index is 10.5. The predicted molar refractivity (Wildman–Crippen MR) is 59.9 cm³/mol. The second kappa shape index (κ2) is 10.8. The van der Waals surface area contributed by atoms with E-state index in [1.54, 1.807) is 0 Å². The summed E-state index contributed by atoms with van der Waals surface area (Å²) in [6.07, 6.45) is -5.22. The monoisotopic (exact) mass is 285 g/mol. The van der Waals surface area contributed by atoms with Crippen molar-refractivity contribution in [2.24, 2.45) is 5.73 Å². The van der Waals surface area contributed by atoms with Crippen LogP contribution in [0.4, 0.5) is 0 Å². The molecule has 0 radical (unpaired) electrons. The summed E-state index contributed by atoms with van der Waals surface area (Å²) in [6.45, 7) is -2.19. The lowest BCUT2D eigenvalue weighted by atomic mass is 10.1. The molecule has 1 unspecified atom stereocenters. The molecule has 0 aliphatic heterocycles. The number of hydrogen-bond donors (Lipinski definition) is 8. The summed E-state index contributed by atoms with van der Waals surface area (Å²) in [4.78, 5) is 20.2. The highest BCUT2D eigenvalue weighted by Gasteiger charge is 2.28. The standard InChI is InChI=1S/C6H12O6.C3H7NO3/c7-1-3(9)5(11)6(12)4(10)2-8;4-2(1-5)3(6)7/h3,5-9,11-12H,1-2H2;2,5H,1,4H2,(H,6,7)/t3-,5-,6-;/m1./s1. The molecule has 114 valence electrons. The van der Waals surface area contributed by atoms with E-state index in [2.05, 4.69) is 0 Å². The molecular weight excluding hydrogens is 266 g/mol. The highest BCUT2D eigenvalue weighted by molar-refractivity contribution is 5.84. The maximum atomic E-state index is 10.5. The van der Waals surface area contributed by atoms with Gasteiger partial charge in [-0.15, -0.1) is 0 Å². The normalized spacial score (nSPS) is 16.6. The van der Waals surface area contributed by atoms with Crippen LogP contribution in [0.2, 0.25) is 0 Å². The molecule has 0 spiro atoms. The van der Waals surface area contributed by atoms with Crippen molar-refractivity contribution >= 4 is 11.8 Å². The molecule has 0 aromatic heterocycles. The lowest BCUT2D eigenvalue weighted by molar-refractivity contribution is -0.142. The first-order valence-electron chi connectivity index (χ1n) is 5.10. The highest BCUT2D eigenvalue weighted by Crippen LogP contribution is 2.00. The van der Waals surface area contributed by atoms with E-state index in [0.29, 0.717) is 0 Å². The van der Waals surface area contributed by atoms with Gasteiger partial charge in [-0.1, -0.05) is 0 Å². The van der Waals surface area contributed by atoms with E-state index < -0.39 is 55.9 Å². The van der Waals surface area contributed by atoms with Gasteiger partial charge in [-0.2, -0.15) is 0 Å². The molecule has 0 saturated carbocycles. The molecule has 0 fully saturated rings. The van der Waals surface area contributed by atoms with Crippen molar-refractivity contribution in [2.45, 2.75) is 24.4 Å². The van der Waals surface area contributed by atoms with E-state index in [-0.39, 0.29) is 0 Å². The minimum Gasteiger partial charge on any atom is -0.480 e. The van der Waals surface area contributed by atoms with E-state index >= 15 is 0 Å². The number of aliphatic carboxylic acids is 1. The van der Waals surface area contributed by atoms with Gasteiger partial charge in [0.05, 0.1) is 13.2 Å². The van der Waals surface area contributed by atoms with Gasteiger partial charge >= 0.3 is 5.97 Å². The third kappa shape index (κ3) is 8.56. The Balaban J connectivity index is 0. The molecule has 0 aliphatic carbocycles. The van der Waals surface area contributed by atoms with Crippen LogP contribution in [0, 0.1) is 0 Å². The summed E-state index contributed by atoms with van der Waals surface area (Å²) in [5, 5.41) is 59.0. The zero-order valence-corrected chi connectivity index (χ0v) is 9.96. The molecule has 0 heterocycles. The number of carbonyl (C=O) groups excluding carboxylic acids is 1. The predicted octanol–water partition coefficient (Wildman–Crippen LogP) is -4.99. The Hall–Kier alpha value is -1.14. The van der Waals surface area contributed by atoms with Crippen LogP contribution in [0.5, 0.6) is 0 Å². The van der Waals surface area contributed by atoms with Crippen molar-refractivity contribution in [1.82, 2.24) is 0 Å². The third-order valence-corrected chi connectivity index (χ3v) is 1.90. The van der Waals surface area contributed by atoms with Crippen LogP contribution >= 0.6 is 0 Å². The van der Waals surface area contributed by atoms with Gasteiger partial charge in [-0.05, 0) is 0 Å². The van der Waals surface area contributed by atoms with E-state index in [0.717, 1.165) is 0 Å². The summed E-state index contributed by atoms with van der Waals surface area (Å²) < 4.78 is 0. The Morgan fingerprint density at radius 1 is 1.00 bits per heavy atom. The zero-order valence-electron chi connectivity index (χ0n) is 9.96. The molecule has 0 aromatic carbocycles. The number of carboxylic acids is 1. The SMILES string of the molecule is NC(CO)C(=O)O.O=C(CO)[C@@H](O)[C@H](O)[C@H](O)CO. The third-order valence-electron chi connectivity index (χ3n) is 1.90. The van der Waals surface area contributed by atoms with Crippen LogP contribution in [0.1, 0.15) is 0 Å². The fourth-order valence-corrected chi connectivity index (χ4v) is 0.681. The first-order chi connectivity index (χ1) is 8.72. The average molecular weight is 285 g/mol. The average Bonchev–Trinajstić information content (AvgIpc) is 2.43. The molecule has 10 nitrogen and oxygen atoms in total. The second-order valence-corrected chi connectivity index (χ2v) is 3.44. The number of carboxylic acid groups (broad SMARTS) is 1. The number of carbonyl (C=O) groups is 2. The van der Waals surface area contributed by atoms with E-state index in [4.69, 9.17) is 41.5 Å². The zero-order chi connectivity index (χ0) is 15.6. The van der Waals surface area contributed by atoms with E-state index in [1.807, 2.05) is 0 Å². The Labute approximate surface area is 108 Å². The van der Waals surface area contributed by atoms with Crippen molar-refractivity contribution in [3.05, 3.63) is 0 Å². The molecule has 9 N–H and O–H groups in total. The Morgan fingerprint density at radius 3 is 1.68 bits per heavy atom. The summed E-state index contributed by atoms with van der Waals surface area (Å²) in [5.74, 6) is -2.18. The van der Waals surface area contributed by atoms with Crippen molar-refractivity contribution in [3.63, 3.8) is 0 Å². The van der Waals surface area contributed by atoms with Crippen LogP contribution < -0.4 is 5.73 Å². The van der Waals surface area contributed by atoms with Crippen LogP contribution in [-0.2, 0) is 9.59 Å². The molecule has 0 amide bonds. The lowest BCUT2D eigenvalue weighted by Gasteiger charge is -2.19. The quantitative estimate of drug-likeness (QED) is 0.224. The molecule has 0 aliphatic rings. The topological polar surface area (TPSA) is 202 Å². The number of aliphatic hydroxyl groups is 6. The summed E-state index contributed by atoms with van der Waals surface area (Å²) in [6, 6.07) is -1.13. The van der Waals surface area contributed by atoms with Gasteiger partial charge in [-0.25, -0.2) is 0 Å². The van der Waals surface area contributed by atoms with Crippen molar-refractivity contribution in [1.29, 1.82) is 0 Å². The Kier molecular flexibility index (Phi) is 11.4. The van der Waals surface area contributed by atoms with Crippen molar-refractivity contribution < 1.29 is 45.3 Å². The first-order valence-corrected chi connectivity index (χ1v) is 5.10. The molecular formula is C9H19NO9. The molecule has 0 saturated heterocycles. The summed E-state index contributed by atoms with van der Waals surface area (Å²) in [5.41, 5.74) is 4.77. The molecule has 0 rings (SSSR count). The van der Waals surface area contributed by atoms with Crippen LogP contribution in [0.3, 0.4) is 0 Å². The number of ketones is 1. The molecule has 0 aromatic rings. The molecule has 0 bridgehead atoms. The molecule has 4 atom stereocenters. The highest BCUT2D eigenvalue weighted by atomic mass is 16.4. The van der Waals surface area contributed by atoms with Crippen molar-refractivity contribution in [3.8, 4) is 0 Å². The Bertz CT molecular complexity index is 272. The van der Waals surface area contributed by atoms with Crippen LogP contribution in [-0.4, -0.2) is 91.7 Å². The lowest BCUT2D eigenvalue weighted by Crippen LogP contribution is -2.44. The minimum absolute atomic E-state index is 0.505. The van der Waals surface area contributed by atoms with E-state index in [1.165, 1.54) is 0 Å². The Morgan fingerprint density at radius 2 is 1.47 bits per heavy atom. The van der Waals surface area contributed by atoms with Crippen molar-refractivity contribution in [2.75, 3.05) is 19.8 Å². The fourth-order valence-electron chi connectivity index (χ4n) is 0.681. The molecule has 10 heteroatoms. The largest absolute Gasteiger partial charge is 0.480 e. The number of hydrogen-bond acceptors (Lipinski definition) is 9. The fraction of sp³-hybridized carbons (Fsp3) is 0.778. The van der Waals surface area contributed by atoms with Gasteiger partial charge in [0.2, 0.25) is 0 Å². The number of rotatable bonds is 7. The summed E-state index contributed by atoms with van der Waals surface area (Å²) in [7, 11) is 0. The first kappa shape index (κ1) is 20.2. The van der Waals surface area contributed by atoms with Crippen LogP contribution in [0.15, 0.2) is 0 Å². The minimum atomic E-state index is -1.86. The van der Waals surface area contributed by atoms with Gasteiger partial charge < -0.3 is 41.5 Å². The van der Waals surface area contributed by atoms with Crippen LogP contribution in [0.25, 0.3) is 0 Å². The second-order valence-electron chi connectivity index (χ2n) is 3.44. The molecule has 19 heavy (non-hydrogen) atoms. The van der Waals surface area contributed by atoms with Gasteiger partial charge in [-0.3, -0.25) is 9.59 Å².